The van der Waals surface area contributed by atoms with Crippen molar-refractivity contribution in [1.82, 2.24) is 9.73 Å². The van der Waals surface area contributed by atoms with Crippen LogP contribution in [-0.4, -0.2) is 45.5 Å². The van der Waals surface area contributed by atoms with E-state index in [9.17, 15) is 13.2 Å². The van der Waals surface area contributed by atoms with Crippen LogP contribution in [0.1, 0.15) is 5.56 Å². The SMILES string of the molecule is COc1ccc(S(=O)(=O)N(C)CC(=O)NN=Cc2c(Cl)cccc2Cl)cc1Cl. The molecule has 1 amide bonds. The number of nitrogens with one attached hydrogen (secondary N) is 1. The molecule has 7 nitrogen and oxygen atoms in total. The molecular formula is C17H16Cl3N3O4S. The molecule has 11 heteroatoms. The van der Waals surface area contributed by atoms with Gasteiger partial charge in [0.15, 0.2) is 0 Å². The Labute approximate surface area is 177 Å². The van der Waals surface area contributed by atoms with Gasteiger partial charge >= 0.3 is 0 Å². The molecule has 0 bridgehead atoms. The fraction of sp³-hybridized carbons (Fsp3) is 0.176. The van der Waals surface area contributed by atoms with Crippen LogP contribution in [0.15, 0.2) is 46.4 Å². The third kappa shape index (κ3) is 5.36. The minimum absolute atomic E-state index is 0.0695. The first-order chi connectivity index (χ1) is 13.2. The highest BCUT2D eigenvalue weighted by atomic mass is 35.5. The zero-order valence-corrected chi connectivity index (χ0v) is 17.9. The average Bonchev–Trinajstić information content (AvgIpc) is 2.64. The van der Waals surface area contributed by atoms with Crippen molar-refractivity contribution in [2.75, 3.05) is 20.7 Å². The van der Waals surface area contributed by atoms with Crippen LogP contribution in [0.25, 0.3) is 0 Å². The molecule has 2 aromatic carbocycles. The zero-order valence-electron chi connectivity index (χ0n) is 14.8. The number of halogens is 3. The number of nitrogens with zero attached hydrogens (tertiary/aromatic N) is 2. The van der Waals surface area contributed by atoms with Gasteiger partial charge in [-0.25, -0.2) is 13.8 Å². The van der Waals surface area contributed by atoms with Gasteiger partial charge in [0.1, 0.15) is 5.75 Å². The summed E-state index contributed by atoms with van der Waals surface area (Å²) in [5, 5.41) is 4.62. The van der Waals surface area contributed by atoms with Crippen molar-refractivity contribution in [2.45, 2.75) is 4.90 Å². The van der Waals surface area contributed by atoms with Crippen LogP contribution in [0.5, 0.6) is 5.75 Å². The number of likely N-dealkylation sites (N-methyl/N-ethyl adjacent to an activating group) is 1. The van der Waals surface area contributed by atoms with E-state index in [-0.39, 0.29) is 9.92 Å². The van der Waals surface area contributed by atoms with E-state index < -0.39 is 22.5 Å². The molecule has 0 aromatic heterocycles. The molecule has 0 aliphatic carbocycles. The molecule has 0 spiro atoms. The molecule has 0 aliphatic heterocycles. The van der Waals surface area contributed by atoms with E-state index in [2.05, 4.69) is 10.5 Å². The van der Waals surface area contributed by atoms with Gasteiger partial charge in [0.2, 0.25) is 10.0 Å². The smallest absolute Gasteiger partial charge is 0.255 e. The third-order valence-electron chi connectivity index (χ3n) is 3.58. The van der Waals surface area contributed by atoms with E-state index in [4.69, 9.17) is 39.5 Å². The standard InChI is InChI=1S/C17H16Cl3N3O4S/c1-23(28(25,26)11-6-7-16(27-2)15(20)8-11)10-17(24)22-21-9-12-13(18)4-3-5-14(12)19/h3-9H,10H2,1-2H3,(H,22,24). The second-order valence-corrected chi connectivity index (χ2v) is 8.75. The molecule has 0 saturated carbocycles. The van der Waals surface area contributed by atoms with E-state index in [1.807, 2.05) is 0 Å². The van der Waals surface area contributed by atoms with Gasteiger partial charge in [-0.2, -0.15) is 9.41 Å². The fourth-order valence-corrected chi connectivity index (χ4v) is 4.08. The molecule has 2 rings (SSSR count). The van der Waals surface area contributed by atoms with Gasteiger partial charge in [0.05, 0.1) is 39.8 Å². The normalized spacial score (nSPS) is 11.8. The summed E-state index contributed by atoms with van der Waals surface area (Å²) in [6.45, 7) is -0.459. The lowest BCUT2D eigenvalue weighted by molar-refractivity contribution is -0.121. The largest absolute Gasteiger partial charge is 0.495 e. The first-order valence-electron chi connectivity index (χ1n) is 7.72. The lowest BCUT2D eigenvalue weighted by atomic mass is 10.2. The second-order valence-electron chi connectivity index (χ2n) is 5.49. The lowest BCUT2D eigenvalue weighted by Crippen LogP contribution is -2.36. The predicted molar refractivity (Wildman–Crippen MR) is 110 cm³/mol. The maximum absolute atomic E-state index is 12.6. The Morgan fingerprint density at radius 3 is 2.39 bits per heavy atom. The Morgan fingerprint density at radius 2 is 1.82 bits per heavy atom. The Morgan fingerprint density at radius 1 is 1.18 bits per heavy atom. The van der Waals surface area contributed by atoms with Crippen molar-refractivity contribution >= 4 is 56.9 Å². The summed E-state index contributed by atoms with van der Waals surface area (Å²) >= 11 is 18.0. The molecule has 2 aromatic rings. The molecule has 150 valence electrons. The van der Waals surface area contributed by atoms with Gasteiger partial charge in [0, 0.05) is 12.6 Å². The van der Waals surface area contributed by atoms with Gasteiger partial charge in [-0.3, -0.25) is 4.79 Å². The number of rotatable bonds is 7. The lowest BCUT2D eigenvalue weighted by Gasteiger charge is -2.16. The fourth-order valence-electron chi connectivity index (χ4n) is 2.11. The molecule has 0 heterocycles. The number of benzene rings is 2. The number of hydrogen-bond acceptors (Lipinski definition) is 5. The number of hydrazone groups is 1. The van der Waals surface area contributed by atoms with Gasteiger partial charge < -0.3 is 4.74 Å². The predicted octanol–water partition coefficient (Wildman–Crippen LogP) is 3.43. The number of hydrogen-bond donors (Lipinski definition) is 1. The molecule has 0 saturated heterocycles. The number of methoxy groups -OCH3 is 1. The Balaban J connectivity index is 2.05. The van der Waals surface area contributed by atoms with Gasteiger partial charge in [0.25, 0.3) is 5.91 Å². The molecular weight excluding hydrogens is 449 g/mol. The molecule has 0 aliphatic rings. The quantitative estimate of drug-likeness (QED) is 0.502. The summed E-state index contributed by atoms with van der Waals surface area (Å²) < 4.78 is 31.0. The van der Waals surface area contributed by atoms with Crippen molar-refractivity contribution in [3.05, 3.63) is 57.0 Å². The Kier molecular flexibility index (Phi) is 7.68. The number of ether oxygens (including phenoxy) is 1. The highest BCUT2D eigenvalue weighted by Gasteiger charge is 2.24. The summed E-state index contributed by atoms with van der Waals surface area (Å²) in [5.41, 5.74) is 2.66. The van der Waals surface area contributed by atoms with E-state index in [0.717, 1.165) is 4.31 Å². The minimum Gasteiger partial charge on any atom is -0.495 e. The summed E-state index contributed by atoms with van der Waals surface area (Å²) in [7, 11) is -1.25. The molecule has 0 unspecified atom stereocenters. The number of carbonyl (C=O) groups is 1. The van der Waals surface area contributed by atoms with E-state index in [1.54, 1.807) is 18.2 Å². The summed E-state index contributed by atoms with van der Waals surface area (Å²) in [5.74, 6) is -0.307. The first kappa shape index (κ1) is 22.4. The van der Waals surface area contributed by atoms with Crippen molar-refractivity contribution < 1.29 is 17.9 Å². The molecule has 0 atom stereocenters. The van der Waals surface area contributed by atoms with Crippen LogP contribution >= 0.6 is 34.8 Å². The molecule has 28 heavy (non-hydrogen) atoms. The number of amides is 1. The average molecular weight is 465 g/mol. The van der Waals surface area contributed by atoms with Crippen molar-refractivity contribution in [2.24, 2.45) is 5.10 Å². The minimum atomic E-state index is -3.93. The number of carbonyl (C=O) groups excluding carboxylic acids is 1. The summed E-state index contributed by atoms with van der Waals surface area (Å²) in [4.78, 5) is 11.9. The Hall–Kier alpha value is -1.84. The van der Waals surface area contributed by atoms with Crippen molar-refractivity contribution in [1.29, 1.82) is 0 Å². The van der Waals surface area contributed by atoms with Crippen LogP contribution in [0, 0.1) is 0 Å². The Bertz CT molecular complexity index is 992. The van der Waals surface area contributed by atoms with Gasteiger partial charge in [-0.15, -0.1) is 0 Å². The highest BCUT2D eigenvalue weighted by molar-refractivity contribution is 7.89. The van der Waals surface area contributed by atoms with Crippen LogP contribution < -0.4 is 10.2 Å². The number of sulfonamides is 1. The summed E-state index contributed by atoms with van der Waals surface area (Å²) in [6.07, 6.45) is 1.28. The molecule has 1 N–H and O–H groups in total. The van der Waals surface area contributed by atoms with E-state index in [0.29, 0.717) is 21.4 Å². The second kappa shape index (κ2) is 9.58. The van der Waals surface area contributed by atoms with Crippen LogP contribution in [0.2, 0.25) is 15.1 Å². The van der Waals surface area contributed by atoms with Crippen LogP contribution in [-0.2, 0) is 14.8 Å². The first-order valence-corrected chi connectivity index (χ1v) is 10.3. The van der Waals surface area contributed by atoms with Crippen LogP contribution in [0.3, 0.4) is 0 Å². The van der Waals surface area contributed by atoms with Crippen molar-refractivity contribution in [3.63, 3.8) is 0 Å². The third-order valence-corrected chi connectivity index (χ3v) is 6.33. The zero-order chi connectivity index (χ0) is 20.9. The monoisotopic (exact) mass is 463 g/mol. The highest BCUT2D eigenvalue weighted by Crippen LogP contribution is 2.28. The topological polar surface area (TPSA) is 88.1 Å². The maximum atomic E-state index is 12.6. The maximum Gasteiger partial charge on any atom is 0.255 e. The van der Waals surface area contributed by atoms with Crippen LogP contribution in [0.4, 0.5) is 0 Å². The van der Waals surface area contributed by atoms with Crippen molar-refractivity contribution in [3.8, 4) is 5.75 Å². The molecule has 0 radical (unpaired) electrons. The van der Waals surface area contributed by atoms with E-state index in [1.165, 1.54) is 38.6 Å². The molecule has 0 fully saturated rings. The summed E-state index contributed by atoms with van der Waals surface area (Å²) in [6, 6.07) is 8.94. The van der Waals surface area contributed by atoms with E-state index >= 15 is 0 Å². The van der Waals surface area contributed by atoms with Gasteiger partial charge in [-0.05, 0) is 30.3 Å². The van der Waals surface area contributed by atoms with Gasteiger partial charge in [-0.1, -0.05) is 40.9 Å².